The lowest BCUT2D eigenvalue weighted by Gasteiger charge is -2.20. The molecule has 0 fully saturated rings. The fourth-order valence-electron chi connectivity index (χ4n) is 3.86. The monoisotopic (exact) mass is 456 g/mol. The van der Waals surface area contributed by atoms with Crippen LogP contribution in [-0.4, -0.2) is 16.1 Å². The molecule has 0 atom stereocenters. The lowest BCUT2D eigenvalue weighted by atomic mass is 10.1. The highest BCUT2D eigenvalue weighted by Gasteiger charge is 2.16. The smallest absolute Gasteiger partial charge is 0.123 e. The van der Waals surface area contributed by atoms with Crippen molar-refractivity contribution in [1.82, 2.24) is 9.55 Å². The van der Waals surface area contributed by atoms with Crippen LogP contribution in [0.3, 0.4) is 0 Å². The first kappa shape index (κ1) is 21.2. The summed E-state index contributed by atoms with van der Waals surface area (Å²) in [6.45, 7) is 2.80. The molecule has 0 saturated heterocycles. The zero-order valence-electron chi connectivity index (χ0n) is 18.1. The summed E-state index contributed by atoms with van der Waals surface area (Å²) in [7, 11) is 0. The summed E-state index contributed by atoms with van der Waals surface area (Å²) in [6.07, 6.45) is 0.932. The fourth-order valence-corrected chi connectivity index (χ4v) is 3.99. The van der Waals surface area contributed by atoms with Gasteiger partial charge in [-0.05, 0) is 79.2 Å². The number of para-hydroxylation sites is 2. The maximum atomic E-state index is 13.4. The summed E-state index contributed by atoms with van der Waals surface area (Å²) in [5.41, 5.74) is 6.24. The van der Waals surface area contributed by atoms with Crippen LogP contribution >= 0.6 is 11.6 Å². The molecule has 33 heavy (non-hydrogen) atoms. The number of nitrogens with zero attached hydrogens (tertiary/aromatic N) is 3. The molecule has 4 nitrogen and oxygen atoms in total. The van der Waals surface area contributed by atoms with Crippen molar-refractivity contribution < 1.29 is 4.39 Å². The Morgan fingerprint density at radius 2 is 1.73 bits per heavy atom. The molecule has 6 heteroatoms. The van der Waals surface area contributed by atoms with Crippen molar-refractivity contribution in [3.8, 4) is 17.1 Å². The number of anilines is 2. The molecular formula is C27H22ClFN4. The summed E-state index contributed by atoms with van der Waals surface area (Å²) < 4.78 is 15.6. The first-order valence-corrected chi connectivity index (χ1v) is 11.2. The highest BCUT2D eigenvalue weighted by Crippen LogP contribution is 2.30. The van der Waals surface area contributed by atoms with Gasteiger partial charge >= 0.3 is 0 Å². The normalized spacial score (nSPS) is 11.9. The maximum Gasteiger partial charge on any atom is 0.123 e. The molecule has 3 aromatic carbocycles. The van der Waals surface area contributed by atoms with Gasteiger partial charge in [-0.25, -0.2) is 9.37 Å². The van der Waals surface area contributed by atoms with E-state index in [-0.39, 0.29) is 5.82 Å². The van der Waals surface area contributed by atoms with E-state index in [0.717, 1.165) is 51.3 Å². The Hall–Kier alpha value is -3.70. The minimum Gasteiger partial charge on any atom is -0.354 e. The van der Waals surface area contributed by atoms with Gasteiger partial charge in [-0.2, -0.15) is 0 Å². The van der Waals surface area contributed by atoms with Crippen LogP contribution in [0.1, 0.15) is 13.3 Å². The summed E-state index contributed by atoms with van der Waals surface area (Å²) in [5, 5.41) is 4.90. The van der Waals surface area contributed by atoms with Gasteiger partial charge in [0.15, 0.2) is 0 Å². The predicted molar refractivity (Wildman–Crippen MR) is 133 cm³/mol. The highest BCUT2D eigenvalue weighted by atomic mass is 35.5. The van der Waals surface area contributed by atoms with Crippen molar-refractivity contribution in [2.45, 2.75) is 13.3 Å². The summed E-state index contributed by atoms with van der Waals surface area (Å²) in [5.74, 6) is -0.271. The summed E-state index contributed by atoms with van der Waals surface area (Å²) in [4.78, 5) is 9.75. The zero-order chi connectivity index (χ0) is 22.8. The average molecular weight is 457 g/mol. The van der Waals surface area contributed by atoms with E-state index < -0.39 is 0 Å². The highest BCUT2D eigenvalue weighted by molar-refractivity contribution is 6.30. The van der Waals surface area contributed by atoms with Crippen LogP contribution in [0.25, 0.3) is 28.1 Å². The Morgan fingerprint density at radius 3 is 2.48 bits per heavy atom. The number of aromatic nitrogens is 2. The summed E-state index contributed by atoms with van der Waals surface area (Å²) >= 11 is 6.16. The second-order valence-electron chi connectivity index (χ2n) is 7.78. The second kappa shape index (κ2) is 9.04. The molecule has 2 aliphatic rings. The molecule has 1 heterocycles. The van der Waals surface area contributed by atoms with E-state index in [1.807, 2.05) is 48.5 Å². The van der Waals surface area contributed by atoms with Gasteiger partial charge < -0.3 is 9.88 Å². The van der Waals surface area contributed by atoms with Crippen LogP contribution in [0, 0.1) is 5.82 Å². The van der Waals surface area contributed by atoms with E-state index in [1.54, 1.807) is 12.1 Å². The largest absolute Gasteiger partial charge is 0.354 e. The first-order chi connectivity index (χ1) is 16.1. The Bertz CT molecular complexity index is 1460. The Labute approximate surface area is 196 Å². The molecule has 5 rings (SSSR count). The number of benzene rings is 4. The molecule has 1 N–H and O–H groups in total. The van der Waals surface area contributed by atoms with Gasteiger partial charge in [-0.15, -0.1) is 0 Å². The average Bonchev–Trinajstić information content (AvgIpc) is 2.83. The number of hydrogen-bond acceptors (Lipinski definition) is 3. The quantitative estimate of drug-likeness (QED) is 0.290. The second-order valence-corrected chi connectivity index (χ2v) is 8.22. The van der Waals surface area contributed by atoms with Crippen LogP contribution in [-0.2, 0) is 0 Å². The van der Waals surface area contributed by atoms with Gasteiger partial charge in [0.2, 0.25) is 0 Å². The fraction of sp³-hybridized carbons (Fsp3) is 0.111. The van der Waals surface area contributed by atoms with Gasteiger partial charge in [-0.3, -0.25) is 4.99 Å². The predicted octanol–water partition coefficient (Wildman–Crippen LogP) is 6.98. The molecule has 164 valence electrons. The number of halogens is 2. The molecule has 0 spiro atoms. The Morgan fingerprint density at radius 1 is 0.970 bits per heavy atom. The SMILES string of the molecule is CCCN=c1cc2n(-c3ccc(Cl)cc3)c3ccccc3nc-2cc1Nc1ccc(F)cc1. The number of fused-ring (bicyclic) bond motifs is 2. The van der Waals surface area contributed by atoms with Crippen molar-refractivity contribution in [3.05, 3.63) is 101 Å². The minimum atomic E-state index is -0.271. The van der Waals surface area contributed by atoms with Crippen LogP contribution in [0.15, 0.2) is 89.9 Å². The molecule has 0 amide bonds. The molecule has 0 aromatic heterocycles. The van der Waals surface area contributed by atoms with Gasteiger partial charge in [0.05, 0.1) is 33.5 Å². The van der Waals surface area contributed by atoms with E-state index in [2.05, 4.69) is 28.9 Å². The van der Waals surface area contributed by atoms with Crippen molar-refractivity contribution in [3.63, 3.8) is 0 Å². The number of rotatable bonds is 5. The van der Waals surface area contributed by atoms with Crippen molar-refractivity contribution in [2.75, 3.05) is 11.9 Å². The van der Waals surface area contributed by atoms with E-state index in [1.165, 1.54) is 12.1 Å². The third kappa shape index (κ3) is 4.32. The van der Waals surface area contributed by atoms with E-state index >= 15 is 0 Å². The van der Waals surface area contributed by atoms with Crippen molar-refractivity contribution >= 4 is 34.0 Å². The molecule has 3 aromatic rings. The van der Waals surface area contributed by atoms with Crippen LogP contribution in [0.5, 0.6) is 0 Å². The van der Waals surface area contributed by atoms with E-state index in [0.29, 0.717) is 11.6 Å². The standard InChI is InChI=1S/C27H22ClFN4/c1-2-15-30-23-17-27-25(16-24(23)31-20-11-9-19(29)10-12-20)32-22-5-3-4-6-26(22)33(27)21-13-7-18(28)8-14-21/h3-14,16-17,31H,2,15H2,1H3. The lowest BCUT2D eigenvalue weighted by molar-refractivity contribution is 0.628. The van der Waals surface area contributed by atoms with E-state index in [4.69, 9.17) is 21.6 Å². The lowest BCUT2D eigenvalue weighted by Crippen LogP contribution is -2.15. The molecule has 0 saturated carbocycles. The van der Waals surface area contributed by atoms with Crippen LogP contribution < -0.4 is 10.7 Å². The maximum absolute atomic E-state index is 13.4. The zero-order valence-corrected chi connectivity index (χ0v) is 18.9. The molecule has 1 aliphatic carbocycles. The molecule has 0 bridgehead atoms. The van der Waals surface area contributed by atoms with Crippen molar-refractivity contribution in [1.29, 1.82) is 0 Å². The first-order valence-electron chi connectivity index (χ1n) is 10.9. The Kier molecular flexibility index (Phi) is 5.80. The molecular weight excluding hydrogens is 435 g/mol. The van der Waals surface area contributed by atoms with E-state index in [9.17, 15) is 4.39 Å². The van der Waals surface area contributed by atoms with Crippen molar-refractivity contribution in [2.24, 2.45) is 4.99 Å². The van der Waals surface area contributed by atoms with Crippen LogP contribution in [0.4, 0.5) is 15.8 Å². The molecule has 0 unspecified atom stereocenters. The third-order valence-electron chi connectivity index (χ3n) is 5.41. The van der Waals surface area contributed by atoms with Gasteiger partial charge in [-0.1, -0.05) is 30.7 Å². The van der Waals surface area contributed by atoms with Crippen LogP contribution in [0.2, 0.25) is 5.02 Å². The minimum absolute atomic E-state index is 0.271. The third-order valence-corrected chi connectivity index (χ3v) is 5.66. The van der Waals surface area contributed by atoms with Gasteiger partial charge in [0.1, 0.15) is 5.82 Å². The number of nitrogens with one attached hydrogen (secondary N) is 1. The van der Waals surface area contributed by atoms with Gasteiger partial charge in [0, 0.05) is 22.9 Å². The number of hydrogen-bond donors (Lipinski definition) is 1. The molecule has 1 aliphatic heterocycles. The summed E-state index contributed by atoms with van der Waals surface area (Å²) in [6, 6.07) is 26.2. The Balaban J connectivity index is 1.78. The van der Waals surface area contributed by atoms with Gasteiger partial charge in [0.25, 0.3) is 0 Å². The topological polar surface area (TPSA) is 42.2 Å². The molecule has 0 radical (unpaired) electrons.